The quantitative estimate of drug-likeness (QED) is 0.640. The van der Waals surface area contributed by atoms with Crippen molar-refractivity contribution in [3.63, 3.8) is 0 Å². The van der Waals surface area contributed by atoms with E-state index in [1.54, 1.807) is 6.92 Å². The summed E-state index contributed by atoms with van der Waals surface area (Å²) in [6.45, 7) is 1.95. The number of carbonyl (C=O) groups excluding carboxylic acids is 4. The van der Waals surface area contributed by atoms with Gasteiger partial charge >= 0.3 is 5.97 Å². The minimum absolute atomic E-state index is 0.204. The van der Waals surface area contributed by atoms with Gasteiger partial charge in [-0.05, 0) is 31.2 Å². The maximum absolute atomic E-state index is 11.9. The number of amides is 3. The lowest BCUT2D eigenvalue weighted by molar-refractivity contribution is -0.139. The van der Waals surface area contributed by atoms with E-state index in [2.05, 4.69) is 5.43 Å². The molecule has 0 saturated heterocycles. The van der Waals surface area contributed by atoms with Gasteiger partial charge in [-0.3, -0.25) is 19.8 Å². The fourth-order valence-corrected chi connectivity index (χ4v) is 1.65. The second kappa shape index (κ2) is 6.00. The van der Waals surface area contributed by atoms with Gasteiger partial charge in [-0.1, -0.05) is 0 Å². The third kappa shape index (κ3) is 3.14. The number of hydrogen-bond donors (Lipinski definition) is 1. The van der Waals surface area contributed by atoms with Crippen molar-refractivity contribution in [3.05, 3.63) is 47.5 Å². The predicted octanol–water partition coefficient (Wildman–Crippen LogP) is 0.433. The van der Waals surface area contributed by atoms with Gasteiger partial charge in [0.15, 0.2) is 0 Å². The van der Waals surface area contributed by atoms with E-state index in [1.807, 2.05) is 0 Å². The lowest BCUT2D eigenvalue weighted by atomic mass is 10.1. The van der Waals surface area contributed by atoms with Gasteiger partial charge in [0.05, 0.1) is 12.2 Å². The van der Waals surface area contributed by atoms with Gasteiger partial charge in [-0.15, -0.1) is 0 Å². The number of nitrogens with one attached hydrogen (secondary N) is 1. The number of hydrogen-bond acceptors (Lipinski definition) is 5. The number of esters is 1. The van der Waals surface area contributed by atoms with Crippen molar-refractivity contribution in [2.45, 2.75) is 6.92 Å². The van der Waals surface area contributed by atoms with Crippen molar-refractivity contribution in [1.29, 1.82) is 0 Å². The molecular weight excluding hydrogens is 276 g/mol. The smallest absolute Gasteiger partial charge is 0.338 e. The lowest BCUT2D eigenvalue weighted by Crippen LogP contribution is -2.45. The summed E-state index contributed by atoms with van der Waals surface area (Å²) in [5, 5.41) is 0.613. The highest BCUT2D eigenvalue weighted by atomic mass is 16.5. The Morgan fingerprint density at radius 3 is 2.10 bits per heavy atom. The first-order valence-corrected chi connectivity index (χ1v) is 6.17. The van der Waals surface area contributed by atoms with Crippen LogP contribution in [0, 0.1) is 0 Å². The molecule has 1 aromatic carbocycles. The van der Waals surface area contributed by atoms with E-state index in [4.69, 9.17) is 4.74 Å². The molecule has 0 unspecified atom stereocenters. The minimum Gasteiger partial charge on any atom is -0.462 e. The van der Waals surface area contributed by atoms with Crippen molar-refractivity contribution in [1.82, 2.24) is 10.4 Å². The molecule has 0 fully saturated rings. The molecule has 1 aliphatic rings. The number of imide groups is 1. The van der Waals surface area contributed by atoms with Crippen LogP contribution in [0.25, 0.3) is 0 Å². The molecule has 7 heteroatoms. The van der Waals surface area contributed by atoms with E-state index < -0.39 is 23.7 Å². The zero-order chi connectivity index (χ0) is 15.4. The highest BCUT2D eigenvalue weighted by Crippen LogP contribution is 2.07. The molecule has 0 saturated carbocycles. The standard InChI is InChI=1S/C14H12N2O5/c1-2-21-14(20)10-5-3-9(4-6-10)13(19)15-16-11(17)7-8-12(16)18/h3-8H,2H2,1H3,(H,15,19). The zero-order valence-corrected chi connectivity index (χ0v) is 11.2. The molecule has 3 amide bonds. The summed E-state index contributed by atoms with van der Waals surface area (Å²) in [6, 6.07) is 5.66. The van der Waals surface area contributed by atoms with Gasteiger partial charge in [0.1, 0.15) is 0 Å². The van der Waals surface area contributed by atoms with E-state index >= 15 is 0 Å². The fourth-order valence-electron chi connectivity index (χ4n) is 1.65. The summed E-state index contributed by atoms with van der Waals surface area (Å²) in [5.41, 5.74) is 2.70. The Morgan fingerprint density at radius 2 is 1.57 bits per heavy atom. The van der Waals surface area contributed by atoms with Crippen molar-refractivity contribution < 1.29 is 23.9 Å². The average Bonchev–Trinajstić information content (AvgIpc) is 2.79. The Morgan fingerprint density at radius 1 is 1.05 bits per heavy atom. The van der Waals surface area contributed by atoms with Crippen LogP contribution in [0.2, 0.25) is 0 Å². The molecule has 2 rings (SSSR count). The van der Waals surface area contributed by atoms with Crippen LogP contribution in [-0.4, -0.2) is 35.3 Å². The number of ether oxygens (including phenoxy) is 1. The van der Waals surface area contributed by atoms with Crippen LogP contribution in [0.5, 0.6) is 0 Å². The Bertz CT molecular complexity index is 615. The monoisotopic (exact) mass is 288 g/mol. The van der Waals surface area contributed by atoms with Crippen molar-refractivity contribution >= 4 is 23.7 Å². The third-order valence-electron chi connectivity index (χ3n) is 2.68. The summed E-state index contributed by atoms with van der Waals surface area (Å²) >= 11 is 0. The van der Waals surface area contributed by atoms with Crippen LogP contribution >= 0.6 is 0 Å². The maximum Gasteiger partial charge on any atom is 0.338 e. The van der Waals surface area contributed by atoms with Crippen LogP contribution in [-0.2, 0) is 14.3 Å². The molecule has 0 spiro atoms. The van der Waals surface area contributed by atoms with Gasteiger partial charge in [-0.2, -0.15) is 5.01 Å². The summed E-state index contributed by atoms with van der Waals surface area (Å²) in [5.74, 6) is -2.35. The first kappa shape index (κ1) is 14.4. The Hall–Kier alpha value is -2.96. The number of carbonyl (C=O) groups is 4. The molecule has 0 bridgehead atoms. The highest BCUT2D eigenvalue weighted by molar-refractivity contribution is 6.14. The Kier molecular flexibility index (Phi) is 4.13. The molecule has 0 aliphatic carbocycles. The van der Waals surface area contributed by atoms with Gasteiger partial charge in [0, 0.05) is 17.7 Å². The lowest BCUT2D eigenvalue weighted by Gasteiger charge is -2.14. The first-order chi connectivity index (χ1) is 10.0. The SMILES string of the molecule is CCOC(=O)c1ccc(C(=O)NN2C(=O)C=CC2=O)cc1. The molecule has 0 aromatic heterocycles. The zero-order valence-electron chi connectivity index (χ0n) is 11.2. The van der Waals surface area contributed by atoms with Gasteiger partial charge < -0.3 is 4.74 Å². The van der Waals surface area contributed by atoms with E-state index in [-0.39, 0.29) is 12.2 Å². The largest absolute Gasteiger partial charge is 0.462 e. The third-order valence-corrected chi connectivity index (χ3v) is 2.68. The van der Waals surface area contributed by atoms with E-state index in [9.17, 15) is 19.2 Å². The van der Waals surface area contributed by atoms with Gasteiger partial charge in [0.2, 0.25) is 0 Å². The Balaban J connectivity index is 2.05. The van der Waals surface area contributed by atoms with Crippen molar-refractivity contribution in [2.24, 2.45) is 0 Å². The second-order valence-electron chi connectivity index (χ2n) is 4.08. The van der Waals surface area contributed by atoms with Gasteiger partial charge in [0.25, 0.3) is 17.7 Å². The molecule has 1 N–H and O–H groups in total. The molecular formula is C14H12N2O5. The summed E-state index contributed by atoms with van der Waals surface area (Å²) in [4.78, 5) is 46.0. The van der Waals surface area contributed by atoms with Crippen molar-refractivity contribution in [3.8, 4) is 0 Å². The molecule has 21 heavy (non-hydrogen) atoms. The van der Waals surface area contributed by atoms with Crippen molar-refractivity contribution in [2.75, 3.05) is 6.61 Å². The molecule has 7 nitrogen and oxygen atoms in total. The van der Waals surface area contributed by atoms with Crippen LogP contribution in [0.3, 0.4) is 0 Å². The van der Waals surface area contributed by atoms with Crippen LogP contribution < -0.4 is 5.43 Å². The molecule has 0 radical (unpaired) electrons. The van der Waals surface area contributed by atoms with Crippen LogP contribution in [0.15, 0.2) is 36.4 Å². The number of benzene rings is 1. The summed E-state index contributed by atoms with van der Waals surface area (Å²) in [7, 11) is 0. The molecule has 1 heterocycles. The van der Waals surface area contributed by atoms with Crippen LogP contribution in [0.1, 0.15) is 27.6 Å². The maximum atomic E-state index is 11.9. The Labute approximate surface area is 120 Å². The normalized spacial score (nSPS) is 13.5. The van der Waals surface area contributed by atoms with Crippen LogP contribution in [0.4, 0.5) is 0 Å². The first-order valence-electron chi connectivity index (χ1n) is 6.17. The summed E-state index contributed by atoms with van der Waals surface area (Å²) < 4.78 is 4.82. The number of nitrogens with zero attached hydrogens (tertiary/aromatic N) is 1. The molecule has 1 aliphatic heterocycles. The predicted molar refractivity (Wildman–Crippen MR) is 70.9 cm³/mol. The minimum atomic E-state index is -0.629. The fraction of sp³-hybridized carbons (Fsp3) is 0.143. The molecule has 0 atom stereocenters. The molecule has 108 valence electrons. The average molecular weight is 288 g/mol. The molecule has 1 aromatic rings. The number of hydrazine groups is 1. The van der Waals surface area contributed by atoms with Gasteiger partial charge in [-0.25, -0.2) is 4.79 Å². The topological polar surface area (TPSA) is 92.8 Å². The highest BCUT2D eigenvalue weighted by Gasteiger charge is 2.25. The number of rotatable bonds is 4. The van der Waals surface area contributed by atoms with E-state index in [1.165, 1.54) is 24.3 Å². The van der Waals surface area contributed by atoms with E-state index in [0.29, 0.717) is 10.6 Å². The second-order valence-corrected chi connectivity index (χ2v) is 4.08. The summed E-state index contributed by atoms with van der Waals surface area (Å²) in [6.07, 6.45) is 2.12. The van der Waals surface area contributed by atoms with E-state index in [0.717, 1.165) is 12.2 Å².